The molecular formula is C14H11BrN4O. The van der Waals surface area contributed by atoms with E-state index in [1.165, 1.54) is 4.68 Å². The molecule has 0 aliphatic rings. The van der Waals surface area contributed by atoms with E-state index in [4.69, 9.17) is 5.84 Å². The van der Waals surface area contributed by atoms with Gasteiger partial charge in [-0.1, -0.05) is 34.1 Å². The molecule has 0 radical (unpaired) electrons. The number of halogens is 1. The van der Waals surface area contributed by atoms with Gasteiger partial charge in [0.2, 0.25) is 0 Å². The molecule has 5 nitrogen and oxygen atoms in total. The van der Waals surface area contributed by atoms with Crippen molar-refractivity contribution >= 4 is 32.5 Å². The van der Waals surface area contributed by atoms with Crippen molar-refractivity contribution in [2.24, 2.45) is 5.84 Å². The largest absolute Gasteiger partial charge is 0.307 e. The minimum Gasteiger partial charge on any atom is -0.307 e. The van der Waals surface area contributed by atoms with E-state index in [9.17, 15) is 4.79 Å². The summed E-state index contributed by atoms with van der Waals surface area (Å²) < 4.78 is 2.27. The number of nitrogens with one attached hydrogen (secondary N) is 1. The number of aromatic nitrogens is 2. The van der Waals surface area contributed by atoms with E-state index in [0.717, 1.165) is 4.47 Å². The summed E-state index contributed by atoms with van der Waals surface area (Å²) in [6.07, 6.45) is 0. The predicted octanol–water partition coefficient (Wildman–Crippen LogP) is 2.43. The molecule has 0 atom stereocenters. The minimum absolute atomic E-state index is 0.179. The van der Waals surface area contributed by atoms with Crippen LogP contribution in [0.2, 0.25) is 0 Å². The summed E-state index contributed by atoms with van der Waals surface area (Å²) in [5.74, 6) is 5.96. The first-order chi connectivity index (χ1) is 9.70. The normalized spacial score (nSPS) is 10.7. The average molecular weight is 331 g/mol. The van der Waals surface area contributed by atoms with Crippen molar-refractivity contribution in [2.75, 3.05) is 5.43 Å². The molecule has 20 heavy (non-hydrogen) atoms. The molecule has 6 heteroatoms. The van der Waals surface area contributed by atoms with Crippen LogP contribution in [0.4, 0.5) is 5.82 Å². The van der Waals surface area contributed by atoms with Gasteiger partial charge >= 0.3 is 0 Å². The maximum atomic E-state index is 12.5. The third-order valence-electron chi connectivity index (χ3n) is 3.01. The summed E-state index contributed by atoms with van der Waals surface area (Å²) in [5, 5.41) is 5.54. The topological polar surface area (TPSA) is 72.9 Å². The second-order valence-corrected chi connectivity index (χ2v) is 5.15. The number of rotatable bonds is 2. The molecule has 1 heterocycles. The molecule has 0 aliphatic carbocycles. The molecule has 3 rings (SSSR count). The Morgan fingerprint density at radius 3 is 2.35 bits per heavy atom. The van der Waals surface area contributed by atoms with E-state index in [0.29, 0.717) is 22.3 Å². The van der Waals surface area contributed by atoms with Crippen molar-refractivity contribution in [1.29, 1.82) is 0 Å². The Labute approximate surface area is 123 Å². The van der Waals surface area contributed by atoms with Gasteiger partial charge in [0.25, 0.3) is 5.56 Å². The predicted molar refractivity (Wildman–Crippen MR) is 82.9 cm³/mol. The lowest BCUT2D eigenvalue weighted by molar-refractivity contribution is 0.822. The van der Waals surface area contributed by atoms with Crippen molar-refractivity contribution < 1.29 is 0 Å². The van der Waals surface area contributed by atoms with Crippen LogP contribution in [0, 0.1) is 0 Å². The highest BCUT2D eigenvalue weighted by atomic mass is 79.9. The fraction of sp³-hybridized carbons (Fsp3) is 0. The molecule has 3 N–H and O–H groups in total. The molecule has 100 valence electrons. The SMILES string of the molecule is NNc1nn(-c2ccc(Br)cc2)c(=O)c2ccccc12. The van der Waals surface area contributed by atoms with Gasteiger partial charge in [0, 0.05) is 9.86 Å². The van der Waals surface area contributed by atoms with Gasteiger partial charge < -0.3 is 5.43 Å². The third-order valence-corrected chi connectivity index (χ3v) is 3.54. The third kappa shape index (κ3) is 2.09. The summed E-state index contributed by atoms with van der Waals surface area (Å²) >= 11 is 3.36. The number of hydrogen-bond donors (Lipinski definition) is 2. The standard InChI is InChI=1S/C14H11BrN4O/c15-9-5-7-10(8-6-9)19-14(20)12-4-2-1-3-11(12)13(17-16)18-19/h1-8H,16H2,(H,17,18). The van der Waals surface area contributed by atoms with E-state index >= 15 is 0 Å². The zero-order valence-electron chi connectivity index (χ0n) is 10.4. The number of hydrogen-bond acceptors (Lipinski definition) is 4. The lowest BCUT2D eigenvalue weighted by Gasteiger charge is -2.10. The summed E-state index contributed by atoms with van der Waals surface area (Å²) in [4.78, 5) is 12.5. The fourth-order valence-electron chi connectivity index (χ4n) is 2.05. The minimum atomic E-state index is -0.179. The van der Waals surface area contributed by atoms with Gasteiger partial charge in [-0.2, -0.15) is 4.68 Å². The first-order valence-corrected chi connectivity index (χ1v) is 6.74. The average Bonchev–Trinajstić information content (AvgIpc) is 2.49. The highest BCUT2D eigenvalue weighted by Gasteiger charge is 2.10. The zero-order chi connectivity index (χ0) is 14.1. The molecule has 0 bridgehead atoms. The van der Waals surface area contributed by atoms with Crippen LogP contribution in [0.15, 0.2) is 57.8 Å². The van der Waals surface area contributed by atoms with E-state index < -0.39 is 0 Å². The van der Waals surface area contributed by atoms with Crippen LogP contribution in [0.3, 0.4) is 0 Å². The van der Waals surface area contributed by atoms with Crippen molar-refractivity contribution in [3.05, 3.63) is 63.4 Å². The summed E-state index contributed by atoms with van der Waals surface area (Å²) in [5.41, 5.74) is 3.04. The summed E-state index contributed by atoms with van der Waals surface area (Å²) in [6.45, 7) is 0. The van der Waals surface area contributed by atoms with Crippen LogP contribution in [-0.2, 0) is 0 Å². The number of nitrogen functional groups attached to an aromatic ring is 1. The summed E-state index contributed by atoms with van der Waals surface area (Å²) in [7, 11) is 0. The van der Waals surface area contributed by atoms with Gasteiger partial charge in [0.15, 0.2) is 5.82 Å². The molecule has 0 amide bonds. The van der Waals surface area contributed by atoms with E-state index in [1.807, 2.05) is 42.5 Å². The molecule has 2 aromatic carbocycles. The van der Waals surface area contributed by atoms with Crippen LogP contribution in [-0.4, -0.2) is 9.78 Å². The van der Waals surface area contributed by atoms with Crippen molar-refractivity contribution in [1.82, 2.24) is 9.78 Å². The number of nitrogens with zero attached hydrogens (tertiary/aromatic N) is 2. The molecule has 0 fully saturated rings. The van der Waals surface area contributed by atoms with Crippen LogP contribution >= 0.6 is 15.9 Å². The Balaban J connectivity index is 2.34. The Morgan fingerprint density at radius 1 is 1.05 bits per heavy atom. The Kier molecular flexibility index (Phi) is 3.25. The molecule has 0 saturated heterocycles. The van der Waals surface area contributed by atoms with Gasteiger partial charge in [-0.25, -0.2) is 5.84 Å². The van der Waals surface area contributed by atoms with E-state index in [-0.39, 0.29) is 5.56 Å². The smallest absolute Gasteiger partial charge is 0.279 e. The second kappa shape index (κ2) is 5.07. The second-order valence-electron chi connectivity index (χ2n) is 4.23. The van der Waals surface area contributed by atoms with Crippen molar-refractivity contribution in [3.63, 3.8) is 0 Å². The van der Waals surface area contributed by atoms with Crippen molar-refractivity contribution in [3.8, 4) is 5.69 Å². The summed E-state index contributed by atoms with van der Waals surface area (Å²) in [6, 6.07) is 14.6. The van der Waals surface area contributed by atoms with Gasteiger partial charge in [-0.05, 0) is 30.3 Å². The lowest BCUT2D eigenvalue weighted by Crippen LogP contribution is -2.24. The maximum Gasteiger partial charge on any atom is 0.279 e. The molecule has 0 spiro atoms. The highest BCUT2D eigenvalue weighted by Crippen LogP contribution is 2.19. The number of fused-ring (bicyclic) bond motifs is 1. The molecule has 0 saturated carbocycles. The van der Waals surface area contributed by atoms with E-state index in [1.54, 1.807) is 6.07 Å². The van der Waals surface area contributed by atoms with Gasteiger partial charge in [0.05, 0.1) is 11.1 Å². The lowest BCUT2D eigenvalue weighted by atomic mass is 10.2. The van der Waals surface area contributed by atoms with Crippen LogP contribution in [0.5, 0.6) is 0 Å². The highest BCUT2D eigenvalue weighted by molar-refractivity contribution is 9.10. The van der Waals surface area contributed by atoms with Gasteiger partial charge in [0.1, 0.15) is 0 Å². The van der Waals surface area contributed by atoms with Crippen LogP contribution in [0.1, 0.15) is 0 Å². The first kappa shape index (κ1) is 12.8. The maximum absolute atomic E-state index is 12.5. The quantitative estimate of drug-likeness (QED) is 0.559. The Morgan fingerprint density at radius 2 is 1.70 bits per heavy atom. The van der Waals surface area contributed by atoms with Gasteiger partial charge in [-0.3, -0.25) is 4.79 Å². The number of nitrogens with two attached hydrogens (primary N) is 1. The molecule has 3 aromatic rings. The fourth-order valence-corrected chi connectivity index (χ4v) is 2.32. The molecule has 1 aromatic heterocycles. The monoisotopic (exact) mass is 330 g/mol. The van der Waals surface area contributed by atoms with Gasteiger partial charge in [-0.15, -0.1) is 5.10 Å². The van der Waals surface area contributed by atoms with Crippen LogP contribution < -0.4 is 16.8 Å². The number of benzene rings is 2. The Hall–Kier alpha value is -2.18. The van der Waals surface area contributed by atoms with Crippen LogP contribution in [0.25, 0.3) is 16.5 Å². The number of hydrazine groups is 1. The van der Waals surface area contributed by atoms with E-state index in [2.05, 4.69) is 26.5 Å². The molecular weight excluding hydrogens is 320 g/mol. The zero-order valence-corrected chi connectivity index (χ0v) is 12.0. The number of anilines is 1. The first-order valence-electron chi connectivity index (χ1n) is 5.95. The molecule has 0 aliphatic heterocycles. The van der Waals surface area contributed by atoms with Crippen molar-refractivity contribution in [2.45, 2.75) is 0 Å². The molecule has 0 unspecified atom stereocenters. The Bertz CT molecular complexity index is 827.